The van der Waals surface area contributed by atoms with Crippen molar-refractivity contribution in [3.05, 3.63) is 65.9 Å². The molecule has 1 atom stereocenters. The fourth-order valence-electron chi connectivity index (χ4n) is 2.34. The summed E-state index contributed by atoms with van der Waals surface area (Å²) >= 11 is 0. The first-order valence-corrected chi connectivity index (χ1v) is 7.62. The molecule has 1 unspecified atom stereocenters. The Morgan fingerprint density at radius 3 is 3.12 bits per heavy atom. The second kappa shape index (κ2) is 7.42. The molecule has 0 amide bonds. The van der Waals surface area contributed by atoms with Crippen molar-refractivity contribution in [2.75, 3.05) is 7.05 Å². The molecule has 24 heavy (non-hydrogen) atoms. The Morgan fingerprint density at radius 1 is 1.42 bits per heavy atom. The molecule has 0 spiro atoms. The van der Waals surface area contributed by atoms with Crippen molar-refractivity contribution in [2.45, 2.75) is 12.5 Å². The largest absolute Gasteiger partial charge is 0.384 e. The molecule has 1 aliphatic rings. The van der Waals surface area contributed by atoms with E-state index in [4.69, 9.17) is 0 Å². The molecule has 0 bridgehead atoms. The van der Waals surface area contributed by atoms with Crippen LogP contribution in [0, 0.1) is 17.7 Å². The number of rotatable bonds is 3. The number of fused-ring (bicyclic) bond motifs is 1. The summed E-state index contributed by atoms with van der Waals surface area (Å²) in [6, 6.07) is 3.50. The number of aliphatic imine (C=N–C) groups is 1. The molecule has 0 aliphatic heterocycles. The Hall–Kier alpha value is -3.13. The lowest BCUT2D eigenvalue weighted by atomic mass is 10.0. The van der Waals surface area contributed by atoms with E-state index in [1.165, 1.54) is 12.3 Å². The zero-order valence-corrected chi connectivity index (χ0v) is 13.3. The first-order chi connectivity index (χ1) is 11.7. The van der Waals surface area contributed by atoms with Gasteiger partial charge in [0, 0.05) is 30.3 Å². The highest BCUT2D eigenvalue weighted by Gasteiger charge is 2.05. The number of hydrogen-bond donors (Lipinski definition) is 2. The predicted molar refractivity (Wildman–Crippen MR) is 95.2 cm³/mol. The molecule has 0 radical (unpaired) electrons. The molecule has 2 aromatic heterocycles. The highest BCUT2D eigenvalue weighted by atomic mass is 19.1. The smallest absolute Gasteiger partial charge is 0.142 e. The Morgan fingerprint density at radius 2 is 2.33 bits per heavy atom. The molecule has 2 aromatic rings. The Balaban J connectivity index is 1.64. The number of pyridine rings is 1. The molecule has 0 aromatic carbocycles. The summed E-state index contributed by atoms with van der Waals surface area (Å²) in [6.45, 7) is 0. The van der Waals surface area contributed by atoms with Crippen LogP contribution in [0.15, 0.2) is 59.4 Å². The van der Waals surface area contributed by atoms with Crippen molar-refractivity contribution in [2.24, 2.45) is 4.99 Å². The maximum atomic E-state index is 13.1. The van der Waals surface area contributed by atoms with Gasteiger partial charge < -0.3 is 10.3 Å². The molecule has 4 nitrogen and oxygen atoms in total. The van der Waals surface area contributed by atoms with E-state index in [2.05, 4.69) is 44.3 Å². The second-order valence-electron chi connectivity index (χ2n) is 5.32. The summed E-state index contributed by atoms with van der Waals surface area (Å²) in [5.74, 6) is 5.82. The van der Waals surface area contributed by atoms with Crippen LogP contribution in [-0.2, 0) is 0 Å². The van der Waals surface area contributed by atoms with Crippen molar-refractivity contribution >= 4 is 17.2 Å². The number of aromatic amines is 1. The highest BCUT2D eigenvalue weighted by molar-refractivity contribution is 5.77. The molecule has 3 rings (SSSR count). The van der Waals surface area contributed by atoms with Gasteiger partial charge in [0.15, 0.2) is 0 Å². The Labute approximate surface area is 139 Å². The monoisotopic (exact) mass is 320 g/mol. The van der Waals surface area contributed by atoms with Gasteiger partial charge in [0.25, 0.3) is 0 Å². The normalized spacial score (nSPS) is 17.2. The molecular weight excluding hydrogens is 303 g/mol. The standard InChI is InChI=1S/C19H17FN4/c1-21-9-2-10-22-17-6-3-14(4-7-17)5-8-18-12-15-11-16(20)13-23-19(15)24-18/h2-4,6,9-13,17,22H,7H2,1H3,(H,23,24)/b10-2-,21-9-. The van der Waals surface area contributed by atoms with Gasteiger partial charge in [0.1, 0.15) is 11.5 Å². The third kappa shape index (κ3) is 3.99. The maximum Gasteiger partial charge on any atom is 0.142 e. The third-order valence-corrected chi connectivity index (χ3v) is 3.52. The van der Waals surface area contributed by atoms with Crippen LogP contribution >= 0.6 is 0 Å². The SMILES string of the molecule is C/N=C\C=C/NC1C=CC(C#Cc2cc3cc(F)cnc3[nH]2)=CC1. The van der Waals surface area contributed by atoms with Crippen LogP contribution in [0.1, 0.15) is 12.1 Å². The van der Waals surface area contributed by atoms with E-state index < -0.39 is 0 Å². The van der Waals surface area contributed by atoms with E-state index in [1.807, 2.05) is 18.4 Å². The number of hydrogen-bond acceptors (Lipinski definition) is 3. The molecule has 5 heteroatoms. The van der Waals surface area contributed by atoms with Crippen molar-refractivity contribution < 1.29 is 4.39 Å². The van der Waals surface area contributed by atoms with Crippen LogP contribution < -0.4 is 5.32 Å². The van der Waals surface area contributed by atoms with Crippen LogP contribution in [-0.4, -0.2) is 29.3 Å². The van der Waals surface area contributed by atoms with Gasteiger partial charge in [-0.05, 0) is 42.8 Å². The van der Waals surface area contributed by atoms with Crippen LogP contribution in [0.25, 0.3) is 11.0 Å². The van der Waals surface area contributed by atoms with Gasteiger partial charge in [-0.25, -0.2) is 9.37 Å². The summed E-state index contributed by atoms with van der Waals surface area (Å²) in [5.41, 5.74) is 2.32. The van der Waals surface area contributed by atoms with Gasteiger partial charge in [0.2, 0.25) is 0 Å². The van der Waals surface area contributed by atoms with Crippen molar-refractivity contribution in [1.82, 2.24) is 15.3 Å². The van der Waals surface area contributed by atoms with E-state index in [1.54, 1.807) is 19.3 Å². The van der Waals surface area contributed by atoms with Gasteiger partial charge in [-0.1, -0.05) is 18.1 Å². The number of halogens is 1. The number of nitrogens with zero attached hydrogens (tertiary/aromatic N) is 2. The van der Waals surface area contributed by atoms with Crippen molar-refractivity contribution in [3.63, 3.8) is 0 Å². The lowest BCUT2D eigenvalue weighted by molar-refractivity contribution is 0.624. The lowest BCUT2D eigenvalue weighted by Crippen LogP contribution is -2.22. The number of nitrogens with one attached hydrogen (secondary N) is 2. The first kappa shape index (κ1) is 15.8. The number of H-pyrrole nitrogens is 1. The Bertz CT molecular complexity index is 906. The minimum absolute atomic E-state index is 0.261. The van der Waals surface area contributed by atoms with Crippen LogP contribution in [0.2, 0.25) is 0 Å². The van der Waals surface area contributed by atoms with E-state index in [-0.39, 0.29) is 11.9 Å². The summed E-state index contributed by atoms with van der Waals surface area (Å²) in [7, 11) is 1.73. The van der Waals surface area contributed by atoms with Crippen molar-refractivity contribution in [3.8, 4) is 11.8 Å². The third-order valence-electron chi connectivity index (χ3n) is 3.52. The minimum atomic E-state index is -0.350. The molecular formula is C19H17FN4. The summed E-state index contributed by atoms with van der Waals surface area (Å²) in [4.78, 5) is 10.9. The van der Waals surface area contributed by atoms with Crippen LogP contribution in [0.4, 0.5) is 4.39 Å². The lowest BCUT2D eigenvalue weighted by Gasteiger charge is -2.14. The quantitative estimate of drug-likeness (QED) is 0.674. The van der Waals surface area contributed by atoms with Gasteiger partial charge in [-0.3, -0.25) is 4.99 Å². The topological polar surface area (TPSA) is 53.1 Å². The van der Waals surface area contributed by atoms with Crippen LogP contribution in [0.5, 0.6) is 0 Å². The average Bonchev–Trinajstić information content (AvgIpc) is 3.00. The average molecular weight is 320 g/mol. The maximum absolute atomic E-state index is 13.1. The molecule has 2 N–H and O–H groups in total. The number of allylic oxidation sites excluding steroid dienone is 3. The van der Waals surface area contributed by atoms with Gasteiger partial charge in [-0.15, -0.1) is 0 Å². The fourth-order valence-corrected chi connectivity index (χ4v) is 2.34. The predicted octanol–water partition coefficient (Wildman–Crippen LogP) is 3.11. The van der Waals surface area contributed by atoms with E-state index in [9.17, 15) is 4.39 Å². The number of aromatic nitrogens is 2. The summed E-state index contributed by atoms with van der Waals surface area (Å²) in [5, 5.41) is 3.99. The second-order valence-corrected chi connectivity index (χ2v) is 5.32. The molecule has 0 saturated carbocycles. The van der Waals surface area contributed by atoms with Crippen molar-refractivity contribution in [1.29, 1.82) is 0 Å². The molecule has 0 saturated heterocycles. The summed E-state index contributed by atoms with van der Waals surface area (Å²) in [6.07, 6.45) is 13.7. The fraction of sp³-hybridized carbons (Fsp3) is 0.158. The Kier molecular flexibility index (Phi) is 4.87. The molecule has 2 heterocycles. The van der Waals surface area contributed by atoms with E-state index in [0.29, 0.717) is 5.65 Å². The molecule has 120 valence electrons. The first-order valence-electron chi connectivity index (χ1n) is 7.62. The van der Waals surface area contributed by atoms with Crippen LogP contribution in [0.3, 0.4) is 0 Å². The van der Waals surface area contributed by atoms with E-state index in [0.717, 1.165) is 23.1 Å². The van der Waals surface area contributed by atoms with E-state index >= 15 is 0 Å². The van der Waals surface area contributed by atoms with Gasteiger partial charge >= 0.3 is 0 Å². The zero-order valence-electron chi connectivity index (χ0n) is 13.3. The summed E-state index contributed by atoms with van der Waals surface area (Å²) < 4.78 is 13.1. The minimum Gasteiger partial charge on any atom is -0.384 e. The highest BCUT2D eigenvalue weighted by Crippen LogP contribution is 2.14. The molecule has 0 fully saturated rings. The van der Waals surface area contributed by atoms with Gasteiger partial charge in [-0.2, -0.15) is 0 Å². The van der Waals surface area contributed by atoms with Gasteiger partial charge in [0.05, 0.1) is 11.9 Å². The zero-order chi connectivity index (χ0) is 16.8. The molecule has 1 aliphatic carbocycles.